The van der Waals surface area contributed by atoms with E-state index < -0.39 is 42.4 Å². The van der Waals surface area contributed by atoms with Gasteiger partial charge in [0, 0.05) is 35.0 Å². The van der Waals surface area contributed by atoms with E-state index in [1.807, 2.05) is 65.0 Å². The summed E-state index contributed by atoms with van der Waals surface area (Å²) < 4.78 is 33.1. The molecule has 2 fully saturated rings. The second-order valence-electron chi connectivity index (χ2n) is 16.7. The number of likely N-dealkylation sites (tertiary alicyclic amines) is 2. The molecule has 4 amide bonds. The summed E-state index contributed by atoms with van der Waals surface area (Å²) in [6.07, 6.45) is 2.21. The number of rotatable bonds is 10. The molecule has 322 valence electrons. The van der Waals surface area contributed by atoms with Gasteiger partial charge in [0.1, 0.15) is 35.7 Å². The molecule has 3 aliphatic rings. The summed E-state index contributed by atoms with van der Waals surface area (Å²) in [5, 5.41) is 6.28. The molecule has 6 heterocycles. The fourth-order valence-corrected chi connectivity index (χ4v) is 8.90. The zero-order chi connectivity index (χ0) is 43.3. The maximum atomic E-state index is 14.9. The van der Waals surface area contributed by atoms with Crippen molar-refractivity contribution in [3.05, 3.63) is 66.5 Å². The van der Waals surface area contributed by atoms with E-state index in [1.54, 1.807) is 17.3 Å². The van der Waals surface area contributed by atoms with E-state index in [0.717, 1.165) is 63.3 Å². The number of carbonyl (C=O) groups is 4. The maximum Gasteiger partial charge on any atom is 0.407 e. The van der Waals surface area contributed by atoms with Gasteiger partial charge in [-0.3, -0.25) is 9.59 Å². The van der Waals surface area contributed by atoms with Crippen molar-refractivity contribution in [1.29, 1.82) is 0 Å². The van der Waals surface area contributed by atoms with Crippen LogP contribution in [0.3, 0.4) is 0 Å². The van der Waals surface area contributed by atoms with E-state index in [1.165, 1.54) is 19.1 Å². The molecule has 8 rings (SSSR count). The van der Waals surface area contributed by atoms with Gasteiger partial charge >= 0.3 is 12.2 Å². The van der Waals surface area contributed by atoms with Gasteiger partial charge in [0.25, 0.3) is 0 Å². The summed E-state index contributed by atoms with van der Waals surface area (Å²) in [6.45, 7) is 9.87. The molecular weight excluding hydrogens is 786 g/mol. The predicted octanol–water partition coefficient (Wildman–Crippen LogP) is 7.04. The number of imidazole rings is 2. The Morgan fingerprint density at radius 3 is 2.03 bits per heavy atom. The Bertz CT molecular complexity index is 2470. The highest BCUT2D eigenvalue weighted by Gasteiger charge is 2.42. The third-order valence-electron chi connectivity index (χ3n) is 12.1. The number of carbonyl (C=O) groups excluding carboxylic acids is 4. The summed E-state index contributed by atoms with van der Waals surface area (Å²) >= 11 is 0. The molecule has 61 heavy (non-hydrogen) atoms. The Morgan fingerprint density at radius 2 is 1.41 bits per heavy atom. The quantitative estimate of drug-likeness (QED) is 0.114. The number of alkyl halides is 1. The van der Waals surface area contributed by atoms with Crippen LogP contribution in [0.5, 0.6) is 5.75 Å². The van der Waals surface area contributed by atoms with E-state index in [0.29, 0.717) is 18.2 Å². The van der Waals surface area contributed by atoms with Crippen LogP contribution in [0.4, 0.5) is 14.0 Å². The van der Waals surface area contributed by atoms with Crippen LogP contribution in [0.25, 0.3) is 44.7 Å². The Labute approximate surface area is 352 Å². The number of nitrogens with zero attached hydrogens (tertiary/aromatic N) is 5. The third-order valence-corrected chi connectivity index (χ3v) is 12.1. The van der Waals surface area contributed by atoms with Crippen molar-refractivity contribution >= 4 is 34.9 Å². The van der Waals surface area contributed by atoms with Gasteiger partial charge in [0.05, 0.1) is 67.8 Å². The predicted molar refractivity (Wildman–Crippen MR) is 224 cm³/mol. The topological polar surface area (TPSA) is 189 Å². The number of benzene rings is 2. The smallest absolute Gasteiger partial charge is 0.407 e. The minimum absolute atomic E-state index is 0.0874. The molecule has 2 aromatic carbocycles. The summed E-state index contributed by atoms with van der Waals surface area (Å²) in [5.74, 6) is 0.944. The lowest BCUT2D eigenvalue weighted by Gasteiger charge is -2.30. The fourth-order valence-electron chi connectivity index (χ4n) is 8.90. The number of H-pyrrole nitrogens is 2. The lowest BCUT2D eigenvalue weighted by Crippen LogP contribution is -2.51. The van der Waals surface area contributed by atoms with Crippen LogP contribution >= 0.6 is 0 Å². The molecule has 2 unspecified atom stereocenters. The van der Waals surface area contributed by atoms with Crippen molar-refractivity contribution in [3.63, 3.8) is 0 Å². The number of halogens is 1. The SMILES string of the molecule is COC(=O)N[C@H](C(=O)N1CCC[C@H]1c1ncc(-c2ccc3c(c2)OC(C)n2c-3cc3cc(-c4cnc([C@@H]5CC(F)CN5C(=O)[C@@H](NC(=O)OC)C(C)C)[nH]4)ccc32)[nH]1)C(C)C. The number of alkyl carbamates (subject to hydrolysis) is 2. The summed E-state index contributed by atoms with van der Waals surface area (Å²) in [5.41, 5.74) is 6.19. The fraction of sp³-hybridized carbons (Fsp3) is 0.455. The Balaban J connectivity index is 1.02. The number of methoxy groups -OCH3 is 2. The van der Waals surface area contributed by atoms with Crippen LogP contribution in [0, 0.1) is 11.8 Å². The minimum Gasteiger partial charge on any atom is -0.470 e. The van der Waals surface area contributed by atoms with E-state index in [9.17, 15) is 23.6 Å². The molecule has 0 bridgehead atoms. The highest BCUT2D eigenvalue weighted by molar-refractivity contribution is 5.92. The molecule has 5 aromatic rings. The van der Waals surface area contributed by atoms with Crippen LogP contribution in [-0.2, 0) is 19.1 Å². The van der Waals surface area contributed by atoms with E-state index in [2.05, 4.69) is 42.3 Å². The molecule has 16 nitrogen and oxygen atoms in total. The lowest BCUT2D eigenvalue weighted by molar-refractivity contribution is -0.136. The van der Waals surface area contributed by atoms with Crippen LogP contribution in [0.1, 0.15) is 83.8 Å². The molecule has 0 spiro atoms. The van der Waals surface area contributed by atoms with Crippen molar-refractivity contribution in [2.24, 2.45) is 11.8 Å². The molecule has 0 radical (unpaired) electrons. The van der Waals surface area contributed by atoms with Crippen molar-refractivity contribution in [2.45, 2.75) is 90.4 Å². The number of aromatic amines is 2. The summed E-state index contributed by atoms with van der Waals surface area (Å²) in [6, 6.07) is 11.8. The first kappa shape index (κ1) is 41.3. The largest absolute Gasteiger partial charge is 0.470 e. The first-order valence-electron chi connectivity index (χ1n) is 20.8. The zero-order valence-corrected chi connectivity index (χ0v) is 35.3. The van der Waals surface area contributed by atoms with Crippen LogP contribution in [0.2, 0.25) is 0 Å². The number of hydrogen-bond acceptors (Lipinski definition) is 9. The average molecular weight is 838 g/mol. The summed E-state index contributed by atoms with van der Waals surface area (Å²) in [4.78, 5) is 70.7. The highest BCUT2D eigenvalue weighted by Crippen LogP contribution is 2.44. The number of hydrogen-bond donors (Lipinski definition) is 4. The van der Waals surface area contributed by atoms with Crippen molar-refractivity contribution in [2.75, 3.05) is 27.3 Å². The highest BCUT2D eigenvalue weighted by atomic mass is 19.1. The summed E-state index contributed by atoms with van der Waals surface area (Å²) in [7, 11) is 2.51. The van der Waals surface area contributed by atoms with Gasteiger partial charge in [-0.15, -0.1) is 0 Å². The molecule has 3 aliphatic heterocycles. The average Bonchev–Trinajstić information content (AvgIpc) is 4.10. The molecule has 6 atom stereocenters. The van der Waals surface area contributed by atoms with Gasteiger partial charge < -0.3 is 49.2 Å². The first-order chi connectivity index (χ1) is 29.3. The second-order valence-corrected chi connectivity index (χ2v) is 16.7. The monoisotopic (exact) mass is 837 g/mol. The van der Waals surface area contributed by atoms with Gasteiger partial charge in [-0.1, -0.05) is 39.8 Å². The Morgan fingerprint density at radius 1 is 0.820 bits per heavy atom. The Kier molecular flexibility index (Phi) is 11.2. The van der Waals surface area contributed by atoms with Gasteiger partial charge in [0.2, 0.25) is 11.8 Å². The maximum absolute atomic E-state index is 14.9. The molecule has 17 heteroatoms. The van der Waals surface area contributed by atoms with Crippen molar-refractivity contribution in [1.82, 2.24) is 44.9 Å². The number of fused-ring (bicyclic) bond motifs is 5. The van der Waals surface area contributed by atoms with Crippen LogP contribution < -0.4 is 15.4 Å². The molecule has 4 N–H and O–H groups in total. The van der Waals surface area contributed by atoms with E-state index >= 15 is 0 Å². The zero-order valence-electron chi connectivity index (χ0n) is 35.3. The number of aromatic nitrogens is 5. The number of nitrogens with one attached hydrogen (secondary N) is 4. The molecule has 3 aromatic heterocycles. The van der Waals surface area contributed by atoms with E-state index in [4.69, 9.17) is 19.2 Å². The van der Waals surface area contributed by atoms with Crippen LogP contribution in [0.15, 0.2) is 54.9 Å². The van der Waals surface area contributed by atoms with Gasteiger partial charge in [-0.05, 0) is 61.9 Å². The van der Waals surface area contributed by atoms with Gasteiger partial charge in [0.15, 0.2) is 6.23 Å². The Hall–Kier alpha value is -6.39. The lowest BCUT2D eigenvalue weighted by atomic mass is 10.0. The van der Waals surface area contributed by atoms with E-state index in [-0.39, 0.29) is 43.0 Å². The van der Waals surface area contributed by atoms with Crippen LogP contribution in [-0.4, -0.2) is 104 Å². The van der Waals surface area contributed by atoms with Crippen molar-refractivity contribution in [3.8, 4) is 39.5 Å². The molecule has 0 saturated carbocycles. The minimum atomic E-state index is -1.24. The normalized spacial score (nSPS) is 20.6. The molecule has 2 saturated heterocycles. The van der Waals surface area contributed by atoms with Gasteiger partial charge in [-0.25, -0.2) is 23.9 Å². The molecule has 0 aliphatic carbocycles. The molecular formula is C44H52FN9O7. The standard InChI is InChI=1S/C44H52FN9O7/c1-22(2)37(50-43(57)59-6)41(55)52-14-8-9-33(52)39-46-20-31(48-39)26-10-12-29-34-16-27-15-25(11-13-32(27)54(34)24(5)61-36(29)17-26)30-19-47-40(49-30)35-18-28(45)21-53(35)42(56)38(23(3)4)51-44(58)60-7/h10-13,15-17,19-20,22-24,28,33,35,37-38H,8-9,14,18,21H2,1-7H3,(H,46,48)(H,47,49)(H,50,57)(H,51,58)/t24?,28?,33-,35-,37-,38-/m0/s1. The second kappa shape index (κ2) is 16.6. The number of ether oxygens (including phenoxy) is 3. The van der Waals surface area contributed by atoms with Crippen molar-refractivity contribution < 1.29 is 37.8 Å². The van der Waals surface area contributed by atoms with Gasteiger partial charge in [-0.2, -0.15) is 0 Å². The first-order valence-corrected chi connectivity index (χ1v) is 20.8. The third kappa shape index (κ3) is 7.76. The number of amides is 4.